The molecular formula is C14H18BrClO. The Morgan fingerprint density at radius 1 is 1.24 bits per heavy atom. The molecule has 2 rings (SSSR count). The molecule has 94 valence electrons. The van der Waals surface area contributed by atoms with E-state index in [1.165, 1.54) is 32.1 Å². The number of halogens is 2. The molecule has 1 aliphatic carbocycles. The number of hydrogen-bond acceptors (Lipinski definition) is 1. The predicted molar refractivity (Wildman–Crippen MR) is 76.2 cm³/mol. The molecule has 0 aliphatic heterocycles. The van der Waals surface area contributed by atoms with E-state index in [1.807, 2.05) is 18.2 Å². The van der Waals surface area contributed by atoms with Gasteiger partial charge < -0.3 is 4.74 Å². The molecule has 1 aromatic carbocycles. The zero-order valence-electron chi connectivity index (χ0n) is 9.92. The molecule has 1 aromatic rings. The van der Waals surface area contributed by atoms with Crippen molar-refractivity contribution >= 4 is 27.5 Å². The molecule has 3 heteroatoms. The molecular weight excluding hydrogens is 300 g/mol. The molecule has 0 amide bonds. The van der Waals surface area contributed by atoms with Gasteiger partial charge in [-0.1, -0.05) is 52.9 Å². The topological polar surface area (TPSA) is 9.23 Å². The smallest absolute Gasteiger partial charge is 0.120 e. The number of rotatable bonds is 4. The van der Waals surface area contributed by atoms with Crippen LogP contribution in [0.1, 0.15) is 37.7 Å². The van der Waals surface area contributed by atoms with Crippen LogP contribution in [0.25, 0.3) is 0 Å². The fourth-order valence-electron chi connectivity index (χ4n) is 2.29. The molecule has 1 aliphatic rings. The molecule has 17 heavy (non-hydrogen) atoms. The number of alkyl halides is 1. The average Bonchev–Trinajstić information content (AvgIpc) is 2.38. The van der Waals surface area contributed by atoms with E-state index in [0.717, 1.165) is 34.2 Å². The van der Waals surface area contributed by atoms with Gasteiger partial charge in [-0.05, 0) is 36.5 Å². The third-order valence-corrected chi connectivity index (χ3v) is 4.33. The third-order valence-electron chi connectivity index (χ3n) is 3.38. The zero-order chi connectivity index (χ0) is 12.1. The summed E-state index contributed by atoms with van der Waals surface area (Å²) in [5.41, 5.74) is 1.11. The molecule has 0 saturated heterocycles. The summed E-state index contributed by atoms with van der Waals surface area (Å²) in [7, 11) is 0. The second-order valence-corrected chi connectivity index (χ2v) is 5.67. The maximum Gasteiger partial charge on any atom is 0.120 e. The lowest BCUT2D eigenvalue weighted by molar-refractivity contribution is 0.209. The minimum absolute atomic E-state index is 0.735. The van der Waals surface area contributed by atoms with Crippen LogP contribution in [0.2, 0.25) is 5.02 Å². The van der Waals surface area contributed by atoms with Crippen LogP contribution in [0, 0.1) is 5.92 Å². The molecule has 1 saturated carbocycles. The average molecular weight is 318 g/mol. The second kappa shape index (κ2) is 6.65. The highest BCUT2D eigenvalue weighted by atomic mass is 79.9. The number of ether oxygens (including phenoxy) is 1. The Morgan fingerprint density at radius 2 is 2.00 bits per heavy atom. The van der Waals surface area contributed by atoms with Crippen LogP contribution in [0.4, 0.5) is 0 Å². The second-order valence-electron chi connectivity index (χ2n) is 4.70. The minimum atomic E-state index is 0.735. The lowest BCUT2D eigenvalue weighted by Gasteiger charge is -2.21. The minimum Gasteiger partial charge on any atom is -0.493 e. The van der Waals surface area contributed by atoms with Crippen LogP contribution in [-0.2, 0) is 5.33 Å². The summed E-state index contributed by atoms with van der Waals surface area (Å²) < 4.78 is 5.83. The molecule has 0 heterocycles. The van der Waals surface area contributed by atoms with E-state index >= 15 is 0 Å². The normalized spacial score (nSPS) is 17.1. The van der Waals surface area contributed by atoms with Gasteiger partial charge in [0.15, 0.2) is 0 Å². The Balaban J connectivity index is 1.87. The summed E-state index contributed by atoms with van der Waals surface area (Å²) in [6, 6.07) is 5.94. The van der Waals surface area contributed by atoms with Crippen molar-refractivity contribution in [3.05, 3.63) is 28.8 Å². The summed E-state index contributed by atoms with van der Waals surface area (Å²) in [4.78, 5) is 0. The first-order valence-electron chi connectivity index (χ1n) is 6.27. The first-order chi connectivity index (χ1) is 8.29. The van der Waals surface area contributed by atoms with Crippen LogP contribution in [0.5, 0.6) is 5.75 Å². The van der Waals surface area contributed by atoms with Crippen molar-refractivity contribution < 1.29 is 4.74 Å². The fraction of sp³-hybridized carbons (Fsp3) is 0.571. The molecule has 0 aromatic heterocycles. The SMILES string of the molecule is Clc1cc(OCC2CCCCC2)ccc1CBr. The maximum absolute atomic E-state index is 6.14. The van der Waals surface area contributed by atoms with Gasteiger partial charge >= 0.3 is 0 Å². The van der Waals surface area contributed by atoms with E-state index in [2.05, 4.69) is 15.9 Å². The maximum atomic E-state index is 6.14. The Bertz CT molecular complexity index is 361. The van der Waals surface area contributed by atoms with Crippen molar-refractivity contribution in [3.8, 4) is 5.75 Å². The lowest BCUT2D eigenvalue weighted by atomic mass is 9.90. The molecule has 0 bridgehead atoms. The molecule has 0 spiro atoms. The van der Waals surface area contributed by atoms with Crippen LogP contribution in [-0.4, -0.2) is 6.61 Å². The molecule has 0 atom stereocenters. The summed E-state index contributed by atoms with van der Waals surface area (Å²) in [5, 5.41) is 1.57. The van der Waals surface area contributed by atoms with E-state index in [1.54, 1.807) is 0 Å². The fourth-order valence-corrected chi connectivity index (χ4v) is 3.18. The van der Waals surface area contributed by atoms with Crippen LogP contribution >= 0.6 is 27.5 Å². The quantitative estimate of drug-likeness (QED) is 0.694. The highest BCUT2D eigenvalue weighted by molar-refractivity contribution is 9.08. The van der Waals surface area contributed by atoms with Crippen molar-refractivity contribution in [2.45, 2.75) is 37.4 Å². The Hall–Kier alpha value is -0.210. The highest BCUT2D eigenvalue weighted by Crippen LogP contribution is 2.27. The third kappa shape index (κ3) is 3.89. The van der Waals surface area contributed by atoms with Gasteiger partial charge in [-0.15, -0.1) is 0 Å². The highest BCUT2D eigenvalue weighted by Gasteiger charge is 2.14. The molecule has 0 radical (unpaired) electrons. The van der Waals surface area contributed by atoms with Gasteiger partial charge in [-0.25, -0.2) is 0 Å². The van der Waals surface area contributed by atoms with E-state index < -0.39 is 0 Å². The Labute approximate surface area is 117 Å². The Morgan fingerprint density at radius 3 is 2.65 bits per heavy atom. The summed E-state index contributed by atoms with van der Waals surface area (Å²) in [6.07, 6.45) is 6.73. The van der Waals surface area contributed by atoms with Gasteiger partial charge in [0.25, 0.3) is 0 Å². The zero-order valence-corrected chi connectivity index (χ0v) is 12.3. The molecule has 1 fully saturated rings. The van der Waals surface area contributed by atoms with Crippen molar-refractivity contribution in [2.24, 2.45) is 5.92 Å². The van der Waals surface area contributed by atoms with Gasteiger partial charge in [0.1, 0.15) is 5.75 Å². The van der Waals surface area contributed by atoms with Crippen LogP contribution in [0.15, 0.2) is 18.2 Å². The van der Waals surface area contributed by atoms with Crippen LogP contribution < -0.4 is 4.74 Å². The van der Waals surface area contributed by atoms with Crippen molar-refractivity contribution in [3.63, 3.8) is 0 Å². The van der Waals surface area contributed by atoms with Gasteiger partial charge in [-0.3, -0.25) is 0 Å². The summed E-state index contributed by atoms with van der Waals surface area (Å²) in [5.74, 6) is 1.63. The van der Waals surface area contributed by atoms with Gasteiger partial charge in [-0.2, -0.15) is 0 Å². The first kappa shape index (κ1) is 13.2. The lowest BCUT2D eigenvalue weighted by Crippen LogP contribution is -2.15. The molecule has 0 N–H and O–H groups in total. The van der Waals surface area contributed by atoms with Gasteiger partial charge in [0, 0.05) is 10.4 Å². The van der Waals surface area contributed by atoms with E-state index in [-0.39, 0.29) is 0 Å². The number of hydrogen-bond donors (Lipinski definition) is 0. The molecule has 0 unspecified atom stereocenters. The van der Waals surface area contributed by atoms with Crippen molar-refractivity contribution in [1.82, 2.24) is 0 Å². The van der Waals surface area contributed by atoms with E-state index in [0.29, 0.717) is 0 Å². The standard InChI is InChI=1S/C14H18BrClO/c15-9-12-6-7-13(8-14(12)16)17-10-11-4-2-1-3-5-11/h6-8,11H,1-5,9-10H2. The first-order valence-corrected chi connectivity index (χ1v) is 7.76. The summed E-state index contributed by atoms with van der Waals surface area (Å²) in [6.45, 7) is 0.837. The monoisotopic (exact) mass is 316 g/mol. The van der Waals surface area contributed by atoms with E-state index in [9.17, 15) is 0 Å². The summed E-state index contributed by atoms with van der Waals surface area (Å²) >= 11 is 9.55. The number of benzene rings is 1. The largest absolute Gasteiger partial charge is 0.493 e. The Kier molecular flexibility index (Phi) is 5.17. The molecule has 1 nitrogen and oxygen atoms in total. The van der Waals surface area contributed by atoms with Gasteiger partial charge in [0.2, 0.25) is 0 Å². The van der Waals surface area contributed by atoms with Crippen molar-refractivity contribution in [1.29, 1.82) is 0 Å². The van der Waals surface area contributed by atoms with E-state index in [4.69, 9.17) is 16.3 Å². The van der Waals surface area contributed by atoms with Crippen LogP contribution in [0.3, 0.4) is 0 Å². The van der Waals surface area contributed by atoms with Gasteiger partial charge in [0.05, 0.1) is 6.61 Å². The predicted octanol–water partition coefficient (Wildman–Crippen LogP) is 5.19. The van der Waals surface area contributed by atoms with Crippen molar-refractivity contribution in [2.75, 3.05) is 6.61 Å².